The summed E-state index contributed by atoms with van der Waals surface area (Å²) in [6.07, 6.45) is 5.35. The van der Waals surface area contributed by atoms with Crippen molar-refractivity contribution in [3.8, 4) is 12.3 Å². The molecule has 10 heteroatoms. The molecule has 1 heterocycles. The van der Waals surface area contributed by atoms with Crippen LogP contribution in [0.5, 0.6) is 0 Å². The Labute approximate surface area is 207 Å². The molecule has 1 aromatic heterocycles. The van der Waals surface area contributed by atoms with Crippen LogP contribution in [0.3, 0.4) is 0 Å². The van der Waals surface area contributed by atoms with Gasteiger partial charge in [0.25, 0.3) is 5.60 Å². The molecule has 0 saturated carbocycles. The predicted octanol–water partition coefficient (Wildman–Crippen LogP) is 4.11. The average molecular weight is 502 g/mol. The lowest BCUT2D eigenvalue weighted by molar-refractivity contribution is -0.194. The zero-order valence-corrected chi connectivity index (χ0v) is 22.1. The van der Waals surface area contributed by atoms with Crippen molar-refractivity contribution in [2.75, 3.05) is 26.4 Å². The molecule has 1 atom stereocenters. The number of rotatable bonds is 13. The molecular formula is C24H39NO8S. The second-order valence-corrected chi connectivity index (χ2v) is 7.89. The molecule has 0 radical (unpaired) electrons. The average Bonchev–Trinajstić information content (AvgIpc) is 3.31. The number of hydrogen-bond donors (Lipinski definition) is 1. The van der Waals surface area contributed by atoms with Crippen LogP contribution in [0.2, 0.25) is 0 Å². The highest BCUT2D eigenvalue weighted by atomic mass is 32.1. The summed E-state index contributed by atoms with van der Waals surface area (Å²) < 4.78 is 21.6. The number of carbonyl (C=O) groups is 2. The SMILES string of the molecule is C#CCCOC(C)COC(Cc1ccsc1)(C(=O)OCC)C(=O)OCC.CC.CC(C)(O)N=O. The zero-order valence-electron chi connectivity index (χ0n) is 21.3. The molecule has 0 saturated heterocycles. The fourth-order valence-corrected chi connectivity index (χ4v) is 2.87. The Hall–Kier alpha value is -2.32. The lowest BCUT2D eigenvalue weighted by Crippen LogP contribution is -2.54. The lowest BCUT2D eigenvalue weighted by atomic mass is 9.95. The number of terminal acetylenes is 1. The van der Waals surface area contributed by atoms with E-state index < -0.39 is 23.3 Å². The molecule has 1 N–H and O–H groups in total. The second kappa shape index (κ2) is 19.0. The Morgan fingerprint density at radius 3 is 2.12 bits per heavy atom. The summed E-state index contributed by atoms with van der Waals surface area (Å²) in [5.41, 5.74) is -2.46. The number of nitroso groups, excluding NO2 is 1. The van der Waals surface area contributed by atoms with Crippen LogP contribution in [0.4, 0.5) is 0 Å². The standard InChI is InChI=1S/C19H26O6S.C3H7NO2.C2H6/c1-5-8-10-24-15(4)13-25-19(17(20)22-6-2,18(21)23-7-3)12-16-9-11-26-14-16;1-3(2,5)4-6;1-2/h1,9,11,14-15H,6-8,10,12-13H2,2-4H3;5H,1-2H3;1-2H3. The zero-order chi connectivity index (χ0) is 26.6. The van der Waals surface area contributed by atoms with Crippen molar-refractivity contribution < 1.29 is 33.6 Å². The van der Waals surface area contributed by atoms with Crippen LogP contribution < -0.4 is 0 Å². The van der Waals surface area contributed by atoms with Gasteiger partial charge < -0.3 is 24.1 Å². The number of esters is 2. The summed E-state index contributed by atoms with van der Waals surface area (Å²) in [4.78, 5) is 34.7. The van der Waals surface area contributed by atoms with Gasteiger partial charge in [-0.1, -0.05) is 13.8 Å². The highest BCUT2D eigenvalue weighted by Gasteiger charge is 2.51. The maximum absolute atomic E-state index is 12.7. The minimum Gasteiger partial charge on any atom is -0.463 e. The van der Waals surface area contributed by atoms with E-state index in [-0.39, 0.29) is 32.3 Å². The molecule has 0 bridgehead atoms. The second-order valence-electron chi connectivity index (χ2n) is 7.11. The first-order valence-electron chi connectivity index (χ1n) is 11.2. The molecule has 0 fully saturated rings. The monoisotopic (exact) mass is 501 g/mol. The molecule has 0 aliphatic carbocycles. The molecular weight excluding hydrogens is 462 g/mol. The van der Waals surface area contributed by atoms with Gasteiger partial charge in [0, 0.05) is 12.8 Å². The topological polar surface area (TPSA) is 121 Å². The van der Waals surface area contributed by atoms with Crippen LogP contribution in [-0.4, -0.2) is 60.9 Å². The normalized spacial score (nSPS) is 11.5. The Morgan fingerprint density at radius 2 is 1.74 bits per heavy atom. The van der Waals surface area contributed by atoms with Crippen molar-refractivity contribution in [1.29, 1.82) is 0 Å². The molecule has 0 aliphatic rings. The molecule has 1 unspecified atom stereocenters. The van der Waals surface area contributed by atoms with Gasteiger partial charge in [-0.15, -0.1) is 17.3 Å². The number of ether oxygens (including phenoxy) is 4. The molecule has 0 aromatic carbocycles. The first kappa shape index (κ1) is 33.9. The Morgan fingerprint density at radius 1 is 1.21 bits per heavy atom. The van der Waals surface area contributed by atoms with Crippen LogP contribution in [-0.2, 0) is 35.0 Å². The summed E-state index contributed by atoms with van der Waals surface area (Å²) in [5.74, 6) is 0.955. The summed E-state index contributed by atoms with van der Waals surface area (Å²) in [7, 11) is 0. The van der Waals surface area contributed by atoms with Gasteiger partial charge in [0.2, 0.25) is 0 Å². The Bertz CT molecular complexity index is 704. The van der Waals surface area contributed by atoms with E-state index in [1.165, 1.54) is 25.2 Å². The van der Waals surface area contributed by atoms with Gasteiger partial charge in [0.15, 0.2) is 5.72 Å². The van der Waals surface area contributed by atoms with Crippen molar-refractivity contribution in [2.45, 2.75) is 78.7 Å². The van der Waals surface area contributed by atoms with Crippen molar-refractivity contribution in [3.05, 3.63) is 27.3 Å². The summed E-state index contributed by atoms with van der Waals surface area (Å²) in [5, 5.41) is 14.4. The van der Waals surface area contributed by atoms with Gasteiger partial charge in [0.1, 0.15) is 0 Å². The molecule has 9 nitrogen and oxygen atoms in total. The van der Waals surface area contributed by atoms with Crippen LogP contribution in [0.15, 0.2) is 22.0 Å². The quantitative estimate of drug-likeness (QED) is 0.141. The van der Waals surface area contributed by atoms with E-state index >= 15 is 0 Å². The molecule has 1 rings (SSSR count). The van der Waals surface area contributed by atoms with E-state index in [1.54, 1.807) is 20.8 Å². The van der Waals surface area contributed by atoms with Crippen molar-refractivity contribution in [1.82, 2.24) is 0 Å². The van der Waals surface area contributed by atoms with Gasteiger partial charge in [-0.25, -0.2) is 9.59 Å². The van der Waals surface area contributed by atoms with Gasteiger partial charge >= 0.3 is 11.9 Å². The number of thiophene rings is 1. The molecule has 0 amide bonds. The number of carbonyl (C=O) groups excluding carboxylic acids is 2. The fourth-order valence-electron chi connectivity index (χ4n) is 2.20. The van der Waals surface area contributed by atoms with Gasteiger partial charge in [-0.05, 0) is 62.2 Å². The minimum absolute atomic E-state index is 0.0202. The fraction of sp³-hybridized carbons (Fsp3) is 0.667. The van der Waals surface area contributed by atoms with E-state index in [4.69, 9.17) is 30.5 Å². The van der Waals surface area contributed by atoms with Crippen LogP contribution >= 0.6 is 11.3 Å². The Balaban J connectivity index is 0. The first-order valence-corrected chi connectivity index (χ1v) is 12.1. The largest absolute Gasteiger partial charge is 0.463 e. The lowest BCUT2D eigenvalue weighted by Gasteiger charge is -2.30. The predicted molar refractivity (Wildman–Crippen MR) is 132 cm³/mol. The van der Waals surface area contributed by atoms with E-state index in [1.807, 2.05) is 30.7 Å². The van der Waals surface area contributed by atoms with Crippen molar-refractivity contribution >= 4 is 23.3 Å². The highest BCUT2D eigenvalue weighted by Crippen LogP contribution is 2.25. The molecule has 0 spiro atoms. The third-order valence-corrected chi connectivity index (χ3v) is 4.41. The first-order chi connectivity index (χ1) is 16.1. The molecule has 1 aromatic rings. The van der Waals surface area contributed by atoms with E-state index in [2.05, 4.69) is 11.1 Å². The number of nitrogens with zero attached hydrogens (tertiary/aromatic N) is 1. The van der Waals surface area contributed by atoms with Crippen LogP contribution in [0.25, 0.3) is 0 Å². The molecule has 34 heavy (non-hydrogen) atoms. The van der Waals surface area contributed by atoms with Gasteiger partial charge in [0.05, 0.1) is 32.5 Å². The minimum atomic E-state index is -1.86. The summed E-state index contributed by atoms with van der Waals surface area (Å²) in [6, 6.07) is 1.83. The maximum atomic E-state index is 12.7. The highest BCUT2D eigenvalue weighted by molar-refractivity contribution is 7.07. The van der Waals surface area contributed by atoms with Crippen LogP contribution in [0.1, 0.15) is 60.5 Å². The number of aliphatic hydroxyl groups is 1. The third-order valence-electron chi connectivity index (χ3n) is 3.68. The van der Waals surface area contributed by atoms with Crippen LogP contribution in [0, 0.1) is 17.3 Å². The molecule has 194 valence electrons. The van der Waals surface area contributed by atoms with E-state index in [9.17, 15) is 14.5 Å². The van der Waals surface area contributed by atoms with Gasteiger partial charge in [-0.2, -0.15) is 11.3 Å². The summed E-state index contributed by atoms with van der Waals surface area (Å²) in [6.45, 7) is 12.4. The maximum Gasteiger partial charge on any atom is 0.350 e. The van der Waals surface area contributed by atoms with E-state index in [0.29, 0.717) is 13.0 Å². The number of hydrogen-bond acceptors (Lipinski definition) is 10. The third kappa shape index (κ3) is 14.1. The Kier molecular flexibility index (Phi) is 19.0. The molecule has 0 aliphatic heterocycles. The van der Waals surface area contributed by atoms with Gasteiger partial charge in [-0.3, -0.25) is 0 Å². The smallest absolute Gasteiger partial charge is 0.350 e. The van der Waals surface area contributed by atoms with Crippen molar-refractivity contribution in [3.63, 3.8) is 0 Å². The van der Waals surface area contributed by atoms with Crippen molar-refractivity contribution in [2.24, 2.45) is 5.18 Å². The van der Waals surface area contributed by atoms with E-state index in [0.717, 1.165) is 5.56 Å². The summed E-state index contributed by atoms with van der Waals surface area (Å²) >= 11 is 1.47.